The van der Waals surface area contributed by atoms with E-state index in [4.69, 9.17) is 5.73 Å². The quantitative estimate of drug-likeness (QED) is 0.571. The Hall–Kier alpha value is -2.99. The van der Waals surface area contributed by atoms with Gasteiger partial charge in [-0.3, -0.25) is 4.98 Å². The molecule has 0 amide bonds. The van der Waals surface area contributed by atoms with E-state index in [9.17, 15) is 5.11 Å². The van der Waals surface area contributed by atoms with Gasteiger partial charge in [-0.2, -0.15) is 0 Å². The fourth-order valence-electron chi connectivity index (χ4n) is 4.52. The molecule has 3 aromatic heterocycles. The highest BCUT2D eigenvalue weighted by molar-refractivity contribution is 5.86. The van der Waals surface area contributed by atoms with Gasteiger partial charge in [-0.1, -0.05) is 18.2 Å². The highest BCUT2D eigenvalue weighted by Gasteiger charge is 2.34. The molecular formula is C22H23N5O. The lowest BCUT2D eigenvalue weighted by Gasteiger charge is -2.15. The minimum atomic E-state index is -0.291. The van der Waals surface area contributed by atoms with Crippen LogP contribution in [-0.4, -0.2) is 30.7 Å². The van der Waals surface area contributed by atoms with E-state index in [0.29, 0.717) is 5.82 Å². The molecule has 1 aliphatic rings. The smallest absolute Gasteiger partial charge is 0.145 e. The predicted molar refractivity (Wildman–Crippen MR) is 110 cm³/mol. The number of anilines is 1. The highest BCUT2D eigenvalue weighted by atomic mass is 16.3. The summed E-state index contributed by atoms with van der Waals surface area (Å²) in [5.74, 6) is 0.782. The first-order valence-electron chi connectivity index (χ1n) is 9.78. The Bertz CT molecular complexity index is 1140. The number of aliphatic hydroxyl groups excluding tert-OH is 1. The summed E-state index contributed by atoms with van der Waals surface area (Å²) in [7, 11) is 0. The molecule has 1 fully saturated rings. The second-order valence-electron chi connectivity index (χ2n) is 7.74. The molecule has 0 radical (unpaired) electrons. The van der Waals surface area contributed by atoms with Gasteiger partial charge in [0.15, 0.2) is 0 Å². The van der Waals surface area contributed by atoms with E-state index < -0.39 is 0 Å². The van der Waals surface area contributed by atoms with Gasteiger partial charge in [-0.05, 0) is 55.4 Å². The Morgan fingerprint density at radius 2 is 2.04 bits per heavy atom. The lowest BCUT2D eigenvalue weighted by molar-refractivity contribution is 0.127. The van der Waals surface area contributed by atoms with Gasteiger partial charge in [-0.25, -0.2) is 9.97 Å². The molecule has 3 heterocycles. The molecule has 1 aromatic carbocycles. The standard InChI is InChI=1S/C22H23N5O/c23-21-18-7-9-27(22(18)26-13-25-21)17-11-16(20(28)12-17)6-4-14-3-5-15-2-1-8-24-19(15)10-14/h1-3,5,7-10,13,16-17,20,28H,4,6,11-12H2,(H2,23,25,26)/t16-,17+,20-/m0/s1. The number of nitrogen functional groups attached to an aromatic ring is 1. The number of hydrogen-bond donors (Lipinski definition) is 2. The van der Waals surface area contributed by atoms with Crippen molar-refractivity contribution in [3.63, 3.8) is 0 Å². The molecule has 3 N–H and O–H groups in total. The number of fused-ring (bicyclic) bond motifs is 2. The second-order valence-corrected chi connectivity index (χ2v) is 7.74. The Balaban J connectivity index is 1.30. The minimum Gasteiger partial charge on any atom is -0.393 e. The molecule has 1 aliphatic carbocycles. The van der Waals surface area contributed by atoms with Crippen molar-refractivity contribution >= 4 is 27.8 Å². The predicted octanol–water partition coefficient (Wildman–Crippen LogP) is 3.51. The topological polar surface area (TPSA) is 89.9 Å². The molecule has 142 valence electrons. The van der Waals surface area contributed by atoms with Crippen molar-refractivity contribution < 1.29 is 5.11 Å². The van der Waals surface area contributed by atoms with Crippen LogP contribution in [0.15, 0.2) is 55.1 Å². The largest absolute Gasteiger partial charge is 0.393 e. The van der Waals surface area contributed by atoms with Gasteiger partial charge in [-0.15, -0.1) is 0 Å². The molecule has 1 saturated carbocycles. The maximum absolute atomic E-state index is 10.7. The van der Waals surface area contributed by atoms with E-state index in [1.165, 1.54) is 11.9 Å². The minimum absolute atomic E-state index is 0.241. The summed E-state index contributed by atoms with van der Waals surface area (Å²) in [6.07, 6.45) is 8.66. The van der Waals surface area contributed by atoms with Crippen molar-refractivity contribution in [2.45, 2.75) is 37.8 Å². The zero-order chi connectivity index (χ0) is 19.1. The van der Waals surface area contributed by atoms with Gasteiger partial charge in [0.25, 0.3) is 0 Å². The molecular weight excluding hydrogens is 350 g/mol. The molecule has 5 rings (SSSR count). The number of aryl methyl sites for hydroxylation is 1. The average molecular weight is 373 g/mol. The zero-order valence-corrected chi connectivity index (χ0v) is 15.6. The van der Waals surface area contributed by atoms with Crippen LogP contribution in [0.25, 0.3) is 21.9 Å². The Morgan fingerprint density at radius 1 is 1.11 bits per heavy atom. The summed E-state index contributed by atoms with van der Waals surface area (Å²) in [4.78, 5) is 12.9. The fourth-order valence-corrected chi connectivity index (χ4v) is 4.52. The van der Waals surface area contributed by atoms with E-state index >= 15 is 0 Å². The molecule has 0 spiro atoms. The molecule has 0 saturated heterocycles. The van der Waals surface area contributed by atoms with Crippen molar-refractivity contribution in [3.8, 4) is 0 Å². The molecule has 6 heteroatoms. The van der Waals surface area contributed by atoms with Crippen LogP contribution < -0.4 is 5.73 Å². The van der Waals surface area contributed by atoms with E-state index in [1.807, 2.05) is 24.5 Å². The second kappa shape index (κ2) is 6.87. The SMILES string of the molecule is Nc1ncnc2c1ccn2[C@@H]1C[C@H](CCc2ccc3cccnc3c2)[C@@H](O)C1. The Kier molecular flexibility index (Phi) is 4.20. The number of rotatable bonds is 4. The average Bonchev–Trinajstić information content (AvgIpc) is 3.30. The normalized spacial score (nSPS) is 22.2. The first kappa shape index (κ1) is 17.1. The maximum atomic E-state index is 10.7. The van der Waals surface area contributed by atoms with Gasteiger partial charge in [0, 0.05) is 23.8 Å². The van der Waals surface area contributed by atoms with E-state index in [1.54, 1.807) is 0 Å². The van der Waals surface area contributed by atoms with Crippen LogP contribution >= 0.6 is 0 Å². The lowest BCUT2D eigenvalue weighted by atomic mass is 9.96. The fraction of sp³-hybridized carbons (Fsp3) is 0.318. The number of benzene rings is 1. The number of hydrogen-bond acceptors (Lipinski definition) is 5. The number of aliphatic hydroxyl groups is 1. The Morgan fingerprint density at radius 3 is 2.96 bits per heavy atom. The monoisotopic (exact) mass is 373 g/mol. The number of nitrogens with zero attached hydrogens (tertiary/aromatic N) is 4. The van der Waals surface area contributed by atoms with Crippen molar-refractivity contribution in [1.29, 1.82) is 0 Å². The van der Waals surface area contributed by atoms with Crippen molar-refractivity contribution in [2.24, 2.45) is 5.92 Å². The molecule has 4 aromatic rings. The van der Waals surface area contributed by atoms with Crippen LogP contribution in [0.5, 0.6) is 0 Å². The molecule has 0 bridgehead atoms. The van der Waals surface area contributed by atoms with Gasteiger partial charge >= 0.3 is 0 Å². The van der Waals surface area contributed by atoms with Crippen LogP contribution in [0.2, 0.25) is 0 Å². The molecule has 28 heavy (non-hydrogen) atoms. The number of pyridine rings is 1. The van der Waals surface area contributed by atoms with Crippen LogP contribution in [-0.2, 0) is 6.42 Å². The summed E-state index contributed by atoms with van der Waals surface area (Å²) >= 11 is 0. The van der Waals surface area contributed by atoms with Crippen molar-refractivity contribution in [3.05, 3.63) is 60.7 Å². The third-order valence-electron chi connectivity index (χ3n) is 6.04. The Labute approximate surface area is 163 Å². The maximum Gasteiger partial charge on any atom is 0.145 e. The molecule has 3 atom stereocenters. The first-order chi connectivity index (χ1) is 13.7. The highest BCUT2D eigenvalue weighted by Crippen LogP contribution is 2.39. The number of nitrogens with two attached hydrogens (primary N) is 1. The zero-order valence-electron chi connectivity index (χ0n) is 15.6. The first-order valence-corrected chi connectivity index (χ1v) is 9.78. The summed E-state index contributed by atoms with van der Waals surface area (Å²) in [5, 5.41) is 12.7. The molecule has 6 nitrogen and oxygen atoms in total. The third kappa shape index (κ3) is 2.99. The number of aromatic nitrogens is 4. The lowest BCUT2D eigenvalue weighted by Crippen LogP contribution is -2.13. The van der Waals surface area contributed by atoms with Gasteiger partial charge < -0.3 is 15.4 Å². The van der Waals surface area contributed by atoms with Crippen LogP contribution in [0.1, 0.15) is 30.9 Å². The van der Waals surface area contributed by atoms with Gasteiger partial charge in [0.2, 0.25) is 0 Å². The van der Waals surface area contributed by atoms with Gasteiger partial charge in [0.1, 0.15) is 17.8 Å². The summed E-state index contributed by atoms with van der Waals surface area (Å²) in [6, 6.07) is 12.7. The van der Waals surface area contributed by atoms with E-state index in [0.717, 1.165) is 47.6 Å². The van der Waals surface area contributed by atoms with Crippen LogP contribution in [0.4, 0.5) is 5.82 Å². The summed E-state index contributed by atoms with van der Waals surface area (Å²) in [6.45, 7) is 0. The van der Waals surface area contributed by atoms with E-state index in [2.05, 4.69) is 43.8 Å². The summed E-state index contributed by atoms with van der Waals surface area (Å²) < 4.78 is 2.15. The van der Waals surface area contributed by atoms with Gasteiger partial charge in [0.05, 0.1) is 17.0 Å². The van der Waals surface area contributed by atoms with Crippen molar-refractivity contribution in [2.75, 3.05) is 5.73 Å². The third-order valence-corrected chi connectivity index (χ3v) is 6.04. The molecule has 0 aliphatic heterocycles. The van der Waals surface area contributed by atoms with Crippen LogP contribution in [0, 0.1) is 5.92 Å². The molecule has 0 unspecified atom stereocenters. The summed E-state index contributed by atoms with van der Waals surface area (Å²) in [5.41, 5.74) is 9.11. The van der Waals surface area contributed by atoms with Crippen LogP contribution in [0.3, 0.4) is 0 Å². The van der Waals surface area contributed by atoms with E-state index in [-0.39, 0.29) is 18.1 Å². The van der Waals surface area contributed by atoms with Crippen molar-refractivity contribution in [1.82, 2.24) is 19.5 Å².